The molecular formula is C15H22N2O2. The van der Waals surface area contributed by atoms with Gasteiger partial charge in [0, 0.05) is 19.7 Å². The Hall–Kier alpha value is -1.71. The molecule has 4 heteroatoms. The van der Waals surface area contributed by atoms with Crippen molar-refractivity contribution in [2.24, 2.45) is 5.92 Å². The van der Waals surface area contributed by atoms with Gasteiger partial charge in [-0.2, -0.15) is 0 Å². The van der Waals surface area contributed by atoms with Crippen LogP contribution in [0.3, 0.4) is 0 Å². The van der Waals surface area contributed by atoms with Gasteiger partial charge in [0.1, 0.15) is 5.75 Å². The number of amides is 1. The Morgan fingerprint density at radius 3 is 2.74 bits per heavy atom. The predicted molar refractivity (Wildman–Crippen MR) is 76.3 cm³/mol. The van der Waals surface area contributed by atoms with E-state index in [9.17, 15) is 4.79 Å². The number of benzene rings is 1. The first-order valence-corrected chi connectivity index (χ1v) is 6.82. The Labute approximate surface area is 114 Å². The standard InChI is InChI=1S/C15H22N2O2/c1-17(2)15(18)12-6-7-13(16)14(10-12)19-9-8-11-4-3-5-11/h6-7,10-11H,3-5,8-9,16H2,1-2H3. The van der Waals surface area contributed by atoms with Crippen LogP contribution in [0.15, 0.2) is 18.2 Å². The molecule has 0 bridgehead atoms. The van der Waals surface area contributed by atoms with Crippen molar-refractivity contribution in [3.8, 4) is 5.75 Å². The molecule has 4 nitrogen and oxygen atoms in total. The quantitative estimate of drug-likeness (QED) is 0.830. The van der Waals surface area contributed by atoms with E-state index in [2.05, 4.69) is 0 Å². The van der Waals surface area contributed by atoms with Crippen LogP contribution in [0.2, 0.25) is 0 Å². The van der Waals surface area contributed by atoms with Crippen molar-refractivity contribution in [2.75, 3.05) is 26.4 Å². The average Bonchev–Trinajstić information content (AvgIpc) is 2.33. The van der Waals surface area contributed by atoms with Gasteiger partial charge in [0.05, 0.1) is 12.3 Å². The van der Waals surface area contributed by atoms with E-state index >= 15 is 0 Å². The number of nitrogens with zero attached hydrogens (tertiary/aromatic N) is 1. The normalized spacial score (nSPS) is 14.8. The SMILES string of the molecule is CN(C)C(=O)c1ccc(N)c(OCCC2CCC2)c1. The summed E-state index contributed by atoms with van der Waals surface area (Å²) in [6.07, 6.45) is 5.06. The van der Waals surface area contributed by atoms with Crippen molar-refractivity contribution >= 4 is 11.6 Å². The third kappa shape index (κ3) is 3.40. The number of ether oxygens (including phenoxy) is 1. The fourth-order valence-electron chi connectivity index (χ4n) is 2.17. The third-order valence-corrected chi connectivity index (χ3v) is 3.68. The van der Waals surface area contributed by atoms with Crippen LogP contribution in [-0.4, -0.2) is 31.5 Å². The molecule has 0 aromatic heterocycles. The molecule has 2 rings (SSSR count). The summed E-state index contributed by atoms with van der Waals surface area (Å²) in [7, 11) is 3.46. The van der Waals surface area contributed by atoms with Crippen LogP contribution in [0.5, 0.6) is 5.75 Å². The number of nitrogens with two attached hydrogens (primary N) is 1. The zero-order valence-electron chi connectivity index (χ0n) is 11.7. The van der Waals surface area contributed by atoms with Crippen LogP contribution in [-0.2, 0) is 0 Å². The minimum Gasteiger partial charge on any atom is -0.491 e. The summed E-state index contributed by atoms with van der Waals surface area (Å²) >= 11 is 0. The molecule has 1 aromatic carbocycles. The molecule has 1 aliphatic rings. The zero-order chi connectivity index (χ0) is 13.8. The van der Waals surface area contributed by atoms with Gasteiger partial charge < -0.3 is 15.4 Å². The number of anilines is 1. The largest absolute Gasteiger partial charge is 0.491 e. The third-order valence-electron chi connectivity index (χ3n) is 3.68. The van der Waals surface area contributed by atoms with Crippen LogP contribution < -0.4 is 10.5 Å². The van der Waals surface area contributed by atoms with Gasteiger partial charge in [-0.3, -0.25) is 4.79 Å². The van der Waals surface area contributed by atoms with Gasteiger partial charge >= 0.3 is 0 Å². The van der Waals surface area contributed by atoms with Crippen molar-refractivity contribution in [2.45, 2.75) is 25.7 Å². The minimum absolute atomic E-state index is 0.0381. The zero-order valence-corrected chi connectivity index (χ0v) is 11.7. The Morgan fingerprint density at radius 1 is 1.42 bits per heavy atom. The molecule has 2 N–H and O–H groups in total. The van der Waals surface area contributed by atoms with E-state index in [1.165, 1.54) is 19.3 Å². The Morgan fingerprint density at radius 2 is 2.16 bits per heavy atom. The first kappa shape index (κ1) is 13.7. The van der Waals surface area contributed by atoms with Gasteiger partial charge in [-0.25, -0.2) is 0 Å². The second-order valence-electron chi connectivity index (χ2n) is 5.39. The second kappa shape index (κ2) is 5.95. The summed E-state index contributed by atoms with van der Waals surface area (Å²) in [6, 6.07) is 5.20. The number of nitrogen functional groups attached to an aromatic ring is 1. The molecule has 1 aromatic rings. The van der Waals surface area contributed by atoms with Crippen molar-refractivity contribution in [1.82, 2.24) is 4.90 Å². The highest BCUT2D eigenvalue weighted by molar-refractivity contribution is 5.94. The fraction of sp³-hybridized carbons (Fsp3) is 0.533. The molecule has 1 fully saturated rings. The summed E-state index contributed by atoms with van der Waals surface area (Å²) in [5.41, 5.74) is 7.08. The van der Waals surface area contributed by atoms with E-state index in [0.29, 0.717) is 23.6 Å². The molecular weight excluding hydrogens is 240 g/mol. The summed E-state index contributed by atoms with van der Waals surface area (Å²) in [5, 5.41) is 0. The molecule has 0 saturated heterocycles. The topological polar surface area (TPSA) is 55.6 Å². The first-order valence-electron chi connectivity index (χ1n) is 6.82. The van der Waals surface area contributed by atoms with Crippen molar-refractivity contribution in [3.63, 3.8) is 0 Å². The van der Waals surface area contributed by atoms with Crippen molar-refractivity contribution < 1.29 is 9.53 Å². The molecule has 104 valence electrons. The monoisotopic (exact) mass is 262 g/mol. The highest BCUT2D eigenvalue weighted by Gasteiger charge is 2.17. The van der Waals surface area contributed by atoms with Crippen LogP contribution >= 0.6 is 0 Å². The van der Waals surface area contributed by atoms with Gasteiger partial charge in [-0.15, -0.1) is 0 Å². The molecule has 0 aliphatic heterocycles. The maximum atomic E-state index is 11.9. The Kier molecular flexibility index (Phi) is 4.30. The lowest BCUT2D eigenvalue weighted by Gasteiger charge is -2.25. The van der Waals surface area contributed by atoms with Crippen LogP contribution in [0, 0.1) is 5.92 Å². The minimum atomic E-state index is -0.0381. The van der Waals surface area contributed by atoms with E-state index in [1.807, 2.05) is 0 Å². The fourth-order valence-corrected chi connectivity index (χ4v) is 2.17. The summed E-state index contributed by atoms with van der Waals surface area (Å²) < 4.78 is 5.72. The number of rotatable bonds is 5. The predicted octanol–water partition coefficient (Wildman–Crippen LogP) is 2.54. The average molecular weight is 262 g/mol. The van der Waals surface area contributed by atoms with Crippen LogP contribution in [0.1, 0.15) is 36.0 Å². The van der Waals surface area contributed by atoms with Gasteiger partial charge in [-0.05, 0) is 30.5 Å². The molecule has 0 unspecified atom stereocenters. The summed E-state index contributed by atoms with van der Waals surface area (Å²) in [5.74, 6) is 1.39. The number of hydrogen-bond acceptors (Lipinski definition) is 3. The molecule has 0 heterocycles. The van der Waals surface area contributed by atoms with Gasteiger partial charge in [0.2, 0.25) is 0 Å². The van der Waals surface area contributed by atoms with Crippen LogP contribution in [0.25, 0.3) is 0 Å². The number of carbonyl (C=O) groups excluding carboxylic acids is 1. The lowest BCUT2D eigenvalue weighted by Crippen LogP contribution is -2.21. The van der Waals surface area contributed by atoms with E-state index in [0.717, 1.165) is 12.3 Å². The summed E-state index contributed by atoms with van der Waals surface area (Å²) in [6.45, 7) is 0.675. The molecule has 0 atom stereocenters. The highest BCUT2D eigenvalue weighted by Crippen LogP contribution is 2.30. The van der Waals surface area contributed by atoms with E-state index in [1.54, 1.807) is 37.2 Å². The lowest BCUT2D eigenvalue weighted by atomic mass is 9.83. The Bertz CT molecular complexity index is 453. The summed E-state index contributed by atoms with van der Waals surface area (Å²) in [4.78, 5) is 13.4. The van der Waals surface area contributed by atoms with Gasteiger partial charge in [-0.1, -0.05) is 19.3 Å². The first-order chi connectivity index (χ1) is 9.08. The van der Waals surface area contributed by atoms with E-state index in [-0.39, 0.29) is 5.91 Å². The Balaban J connectivity index is 1.97. The second-order valence-corrected chi connectivity index (χ2v) is 5.39. The smallest absolute Gasteiger partial charge is 0.253 e. The lowest BCUT2D eigenvalue weighted by molar-refractivity contribution is 0.0827. The van der Waals surface area contributed by atoms with Crippen molar-refractivity contribution in [1.29, 1.82) is 0 Å². The molecule has 1 aliphatic carbocycles. The van der Waals surface area contributed by atoms with E-state index in [4.69, 9.17) is 10.5 Å². The number of carbonyl (C=O) groups is 1. The molecule has 19 heavy (non-hydrogen) atoms. The molecule has 0 spiro atoms. The van der Waals surface area contributed by atoms with Crippen molar-refractivity contribution in [3.05, 3.63) is 23.8 Å². The van der Waals surface area contributed by atoms with Gasteiger partial charge in [0.15, 0.2) is 0 Å². The molecule has 1 amide bonds. The molecule has 0 radical (unpaired) electrons. The molecule has 1 saturated carbocycles. The number of hydrogen-bond donors (Lipinski definition) is 1. The van der Waals surface area contributed by atoms with Gasteiger partial charge in [0.25, 0.3) is 5.91 Å². The maximum Gasteiger partial charge on any atom is 0.253 e. The van der Waals surface area contributed by atoms with E-state index < -0.39 is 0 Å². The highest BCUT2D eigenvalue weighted by atomic mass is 16.5. The van der Waals surface area contributed by atoms with Crippen LogP contribution in [0.4, 0.5) is 5.69 Å². The maximum absolute atomic E-state index is 11.9.